The Morgan fingerprint density at radius 1 is 1.11 bits per heavy atom. The van der Waals surface area contributed by atoms with E-state index in [1.165, 1.54) is 4.90 Å². The van der Waals surface area contributed by atoms with E-state index < -0.39 is 11.9 Å². The maximum absolute atomic E-state index is 13.2. The summed E-state index contributed by atoms with van der Waals surface area (Å²) in [4.78, 5) is 41.1. The monoisotopic (exact) mass is 418 g/mol. The second kappa shape index (κ2) is 8.87. The zero-order valence-corrected chi connectivity index (χ0v) is 17.5. The van der Waals surface area contributed by atoms with Crippen molar-refractivity contribution >= 4 is 57.3 Å². The quantitative estimate of drug-likeness (QED) is 0.293. The number of carbonyl (C=O) groups is 3. The van der Waals surface area contributed by atoms with E-state index in [-0.39, 0.29) is 28.3 Å². The van der Waals surface area contributed by atoms with Gasteiger partial charge in [-0.1, -0.05) is 61.9 Å². The van der Waals surface area contributed by atoms with Crippen LogP contribution in [0.25, 0.3) is 5.57 Å². The van der Waals surface area contributed by atoms with Gasteiger partial charge in [-0.25, -0.2) is 0 Å². The zero-order valence-electron chi connectivity index (χ0n) is 15.9. The lowest BCUT2D eigenvalue weighted by atomic mass is 10.1. The fraction of sp³-hybridized carbons (Fsp3) is 0.400. The molecule has 2 amide bonds. The van der Waals surface area contributed by atoms with Crippen molar-refractivity contribution in [1.82, 2.24) is 4.90 Å². The predicted octanol–water partition coefficient (Wildman–Crippen LogP) is 3.36. The highest BCUT2D eigenvalue weighted by molar-refractivity contribution is 8.26. The van der Waals surface area contributed by atoms with Crippen LogP contribution in [0.1, 0.15) is 38.7 Å². The van der Waals surface area contributed by atoms with Gasteiger partial charge in [0.05, 0.1) is 22.8 Å². The second-order valence-electron chi connectivity index (χ2n) is 6.45. The molecule has 0 spiro atoms. The first-order valence-electron chi connectivity index (χ1n) is 9.34. The summed E-state index contributed by atoms with van der Waals surface area (Å²) in [7, 11) is 0. The molecule has 0 radical (unpaired) electrons. The van der Waals surface area contributed by atoms with Crippen LogP contribution in [0, 0.1) is 0 Å². The van der Waals surface area contributed by atoms with E-state index in [0.29, 0.717) is 12.1 Å². The SMILES string of the molecule is CCCCCN1C(=O)C(=C2SC(=S)N(CC(=O)OCC)C2=O)c2ccccc21. The molecule has 148 valence electrons. The third kappa shape index (κ3) is 3.84. The number of fused-ring (bicyclic) bond motifs is 1. The van der Waals surface area contributed by atoms with Gasteiger partial charge in [0.1, 0.15) is 10.9 Å². The van der Waals surface area contributed by atoms with E-state index in [4.69, 9.17) is 17.0 Å². The van der Waals surface area contributed by atoms with Crippen LogP contribution in [-0.2, 0) is 19.1 Å². The standard InChI is InChI=1S/C20H22N2O4S2/c1-3-5-8-11-21-14-10-7-6-9-13(14)16(18(21)24)17-19(25)22(20(27)28-17)12-15(23)26-4-2/h6-7,9-10H,3-5,8,11-12H2,1-2H3. The molecule has 2 heterocycles. The summed E-state index contributed by atoms with van der Waals surface area (Å²) < 4.78 is 5.18. The van der Waals surface area contributed by atoms with Gasteiger partial charge in [-0.15, -0.1) is 0 Å². The minimum absolute atomic E-state index is 0.186. The van der Waals surface area contributed by atoms with E-state index in [0.717, 1.165) is 42.3 Å². The highest BCUT2D eigenvalue weighted by Gasteiger charge is 2.42. The number of ether oxygens (including phenoxy) is 1. The summed E-state index contributed by atoms with van der Waals surface area (Å²) in [6.07, 6.45) is 2.99. The van der Waals surface area contributed by atoms with Crippen LogP contribution in [0.4, 0.5) is 5.69 Å². The van der Waals surface area contributed by atoms with Crippen LogP contribution in [0.3, 0.4) is 0 Å². The Labute approximate surface area is 173 Å². The number of esters is 1. The van der Waals surface area contributed by atoms with Crippen LogP contribution in [-0.4, -0.2) is 46.7 Å². The summed E-state index contributed by atoms with van der Waals surface area (Å²) in [5, 5.41) is 0. The third-order valence-electron chi connectivity index (χ3n) is 4.58. The molecule has 0 saturated carbocycles. The Morgan fingerprint density at radius 2 is 1.86 bits per heavy atom. The number of nitrogens with zero attached hydrogens (tertiary/aromatic N) is 2. The minimum atomic E-state index is -0.524. The molecule has 0 aromatic heterocycles. The Kier molecular flexibility index (Phi) is 6.51. The molecule has 2 aliphatic heterocycles. The zero-order chi connectivity index (χ0) is 20.3. The molecule has 28 heavy (non-hydrogen) atoms. The molecule has 8 heteroatoms. The van der Waals surface area contributed by atoms with Crippen LogP contribution < -0.4 is 4.90 Å². The summed E-state index contributed by atoms with van der Waals surface area (Å²) in [6, 6.07) is 7.47. The molecule has 1 aromatic carbocycles. The van der Waals surface area contributed by atoms with Gasteiger partial charge in [0.15, 0.2) is 0 Å². The topological polar surface area (TPSA) is 66.9 Å². The molecule has 0 N–H and O–H groups in total. The van der Waals surface area contributed by atoms with Gasteiger partial charge in [0.2, 0.25) is 0 Å². The summed E-state index contributed by atoms with van der Waals surface area (Å²) in [5.74, 6) is -1.13. The van der Waals surface area contributed by atoms with Gasteiger partial charge in [0.25, 0.3) is 11.8 Å². The normalized spacial score (nSPS) is 18.9. The summed E-state index contributed by atoms with van der Waals surface area (Å²) >= 11 is 6.36. The number of unbranched alkanes of at least 4 members (excludes halogenated alkanes) is 2. The van der Waals surface area contributed by atoms with Gasteiger partial charge < -0.3 is 9.64 Å². The van der Waals surface area contributed by atoms with Crippen LogP contribution >= 0.6 is 24.0 Å². The predicted molar refractivity (Wildman–Crippen MR) is 114 cm³/mol. The van der Waals surface area contributed by atoms with Crippen molar-refractivity contribution in [3.63, 3.8) is 0 Å². The highest BCUT2D eigenvalue weighted by atomic mass is 32.2. The molecule has 0 unspecified atom stereocenters. The van der Waals surface area contributed by atoms with Crippen molar-refractivity contribution in [1.29, 1.82) is 0 Å². The fourth-order valence-corrected chi connectivity index (χ4v) is 4.59. The van der Waals surface area contributed by atoms with Crippen molar-refractivity contribution in [2.75, 3.05) is 24.6 Å². The van der Waals surface area contributed by atoms with Gasteiger partial charge in [0, 0.05) is 12.1 Å². The number of benzene rings is 1. The van der Waals surface area contributed by atoms with E-state index in [9.17, 15) is 14.4 Å². The number of amides is 2. The number of carbonyl (C=O) groups excluding carboxylic acids is 3. The second-order valence-corrected chi connectivity index (χ2v) is 8.09. The number of para-hydroxylation sites is 1. The first-order chi connectivity index (χ1) is 13.5. The average molecular weight is 419 g/mol. The van der Waals surface area contributed by atoms with Crippen molar-refractivity contribution in [2.45, 2.75) is 33.1 Å². The lowest BCUT2D eigenvalue weighted by Gasteiger charge is -2.16. The van der Waals surface area contributed by atoms with Crippen molar-refractivity contribution in [3.8, 4) is 0 Å². The average Bonchev–Trinajstić information content (AvgIpc) is 3.10. The van der Waals surface area contributed by atoms with E-state index >= 15 is 0 Å². The number of anilines is 1. The Bertz CT molecular complexity index is 866. The molecule has 6 nitrogen and oxygen atoms in total. The van der Waals surface area contributed by atoms with Gasteiger partial charge in [-0.3, -0.25) is 19.3 Å². The Morgan fingerprint density at radius 3 is 2.57 bits per heavy atom. The molecule has 1 saturated heterocycles. The van der Waals surface area contributed by atoms with Crippen LogP contribution in [0.5, 0.6) is 0 Å². The maximum Gasteiger partial charge on any atom is 0.326 e. The summed E-state index contributed by atoms with van der Waals surface area (Å²) in [6.45, 7) is 4.40. The van der Waals surface area contributed by atoms with Gasteiger partial charge >= 0.3 is 5.97 Å². The van der Waals surface area contributed by atoms with E-state index in [1.54, 1.807) is 11.8 Å². The first kappa shape index (κ1) is 20.5. The number of thiocarbonyl (C=S) groups is 1. The Balaban J connectivity index is 1.94. The molecule has 1 aromatic rings. The molecular weight excluding hydrogens is 396 g/mol. The molecule has 2 aliphatic rings. The number of hydrogen-bond donors (Lipinski definition) is 0. The molecule has 1 fully saturated rings. The first-order valence-corrected chi connectivity index (χ1v) is 10.6. The lowest BCUT2D eigenvalue weighted by Crippen LogP contribution is -2.34. The number of rotatable bonds is 7. The van der Waals surface area contributed by atoms with Gasteiger partial charge in [-0.05, 0) is 19.4 Å². The van der Waals surface area contributed by atoms with Crippen molar-refractivity contribution in [3.05, 3.63) is 34.7 Å². The molecule has 0 atom stereocenters. The van der Waals surface area contributed by atoms with Crippen LogP contribution in [0.2, 0.25) is 0 Å². The smallest absolute Gasteiger partial charge is 0.326 e. The molecule has 3 rings (SSSR count). The summed E-state index contributed by atoms with van der Waals surface area (Å²) in [5.41, 5.74) is 1.92. The minimum Gasteiger partial charge on any atom is -0.465 e. The molecule has 0 aliphatic carbocycles. The lowest BCUT2D eigenvalue weighted by molar-refractivity contribution is -0.145. The number of hydrogen-bond acceptors (Lipinski definition) is 6. The Hall–Kier alpha value is -2.19. The third-order valence-corrected chi connectivity index (χ3v) is 6.03. The van der Waals surface area contributed by atoms with E-state index in [1.807, 2.05) is 24.3 Å². The van der Waals surface area contributed by atoms with Gasteiger partial charge in [-0.2, -0.15) is 0 Å². The van der Waals surface area contributed by atoms with E-state index in [2.05, 4.69) is 6.92 Å². The number of thioether (sulfide) groups is 1. The largest absolute Gasteiger partial charge is 0.465 e. The molecule has 0 bridgehead atoms. The highest BCUT2D eigenvalue weighted by Crippen LogP contribution is 2.44. The fourth-order valence-electron chi connectivity index (χ4n) is 3.26. The van der Waals surface area contributed by atoms with Crippen molar-refractivity contribution < 1.29 is 19.1 Å². The maximum atomic E-state index is 13.2. The van der Waals surface area contributed by atoms with Crippen LogP contribution in [0.15, 0.2) is 29.2 Å². The van der Waals surface area contributed by atoms with Crippen molar-refractivity contribution in [2.24, 2.45) is 0 Å². The molecular formula is C20H22N2O4S2.